The molecule has 6 rings (SSSR count). The Kier molecular flexibility index (Phi) is 2.74. The molecular formula is C18H16N2O5. The molecule has 128 valence electrons. The minimum Gasteiger partial charge on any atom is -0.495 e. The van der Waals surface area contributed by atoms with E-state index in [0.717, 1.165) is 11.3 Å². The lowest BCUT2D eigenvalue weighted by Gasteiger charge is -2.37. The van der Waals surface area contributed by atoms with Crippen LogP contribution >= 0.6 is 0 Å². The minimum atomic E-state index is -0.540. The summed E-state index contributed by atoms with van der Waals surface area (Å²) in [6.07, 6.45) is 5.29. The molecule has 7 heteroatoms. The summed E-state index contributed by atoms with van der Waals surface area (Å²) in [5.74, 6) is 0.371. The number of nitro benzene ring substituents is 1. The number of rotatable bonds is 3. The Bertz CT molecular complexity index is 827. The second-order valence-corrected chi connectivity index (χ2v) is 7.28. The number of allylic oxidation sites excluding steroid dienone is 2. The van der Waals surface area contributed by atoms with Crippen LogP contribution in [0.4, 0.5) is 11.4 Å². The number of ether oxygens (including phenoxy) is 1. The van der Waals surface area contributed by atoms with E-state index in [-0.39, 0.29) is 52.6 Å². The first-order chi connectivity index (χ1) is 12.0. The van der Waals surface area contributed by atoms with Gasteiger partial charge in [-0.05, 0) is 36.2 Å². The Morgan fingerprint density at radius 1 is 1.12 bits per heavy atom. The van der Waals surface area contributed by atoms with Gasteiger partial charge in [-0.15, -0.1) is 0 Å². The third kappa shape index (κ3) is 1.75. The zero-order valence-corrected chi connectivity index (χ0v) is 13.5. The number of amides is 2. The molecule has 4 aliphatic carbocycles. The van der Waals surface area contributed by atoms with Gasteiger partial charge in [0, 0.05) is 12.1 Å². The van der Waals surface area contributed by atoms with E-state index in [4.69, 9.17) is 4.74 Å². The van der Waals surface area contributed by atoms with Gasteiger partial charge in [-0.3, -0.25) is 19.7 Å². The molecule has 1 aromatic rings. The van der Waals surface area contributed by atoms with Crippen molar-refractivity contribution in [3.8, 4) is 5.75 Å². The molecule has 1 aliphatic heterocycles. The van der Waals surface area contributed by atoms with Crippen LogP contribution in [0.5, 0.6) is 5.75 Å². The summed E-state index contributed by atoms with van der Waals surface area (Å²) < 4.78 is 5.26. The standard InChI is InChI=1S/C18H16N2O5/c1-25-14-5-2-8(20(23)24)6-13(14)19-17(21)15-9-3-4-10(12-7-11(9)12)16(15)18(19)22/h2-6,9-12,15-16H,7H2,1H3/t9-,10-,11-,12+,15+,16+/m0/s1. The van der Waals surface area contributed by atoms with Gasteiger partial charge in [-0.2, -0.15) is 0 Å². The first-order valence-electron chi connectivity index (χ1n) is 8.41. The Balaban J connectivity index is 1.60. The maximum atomic E-state index is 13.1. The highest BCUT2D eigenvalue weighted by molar-refractivity contribution is 6.23. The van der Waals surface area contributed by atoms with E-state index in [0.29, 0.717) is 11.8 Å². The van der Waals surface area contributed by atoms with Gasteiger partial charge >= 0.3 is 0 Å². The van der Waals surface area contributed by atoms with E-state index < -0.39 is 4.92 Å². The average molecular weight is 340 g/mol. The van der Waals surface area contributed by atoms with Crippen LogP contribution in [0.25, 0.3) is 0 Å². The van der Waals surface area contributed by atoms with E-state index in [2.05, 4.69) is 12.2 Å². The first kappa shape index (κ1) is 14.6. The van der Waals surface area contributed by atoms with Gasteiger partial charge in [0.2, 0.25) is 11.8 Å². The summed E-state index contributed by atoms with van der Waals surface area (Å²) in [6.45, 7) is 0. The molecule has 3 fully saturated rings. The fourth-order valence-electron chi connectivity index (χ4n) is 5.16. The van der Waals surface area contributed by atoms with Crippen molar-refractivity contribution < 1.29 is 19.2 Å². The van der Waals surface area contributed by atoms with Crippen molar-refractivity contribution in [2.24, 2.45) is 35.5 Å². The number of imide groups is 1. The maximum Gasteiger partial charge on any atom is 0.271 e. The van der Waals surface area contributed by atoms with Crippen LogP contribution in [0.3, 0.4) is 0 Å². The molecule has 0 unspecified atom stereocenters. The number of non-ortho nitro benzene ring substituents is 1. The molecule has 0 N–H and O–H groups in total. The second-order valence-electron chi connectivity index (χ2n) is 7.28. The summed E-state index contributed by atoms with van der Waals surface area (Å²) in [6, 6.07) is 3.99. The van der Waals surface area contributed by atoms with Crippen LogP contribution in [-0.2, 0) is 9.59 Å². The molecule has 7 nitrogen and oxygen atoms in total. The topological polar surface area (TPSA) is 89.8 Å². The fourth-order valence-corrected chi connectivity index (χ4v) is 5.16. The highest BCUT2D eigenvalue weighted by Gasteiger charge is 2.67. The number of benzene rings is 1. The molecular weight excluding hydrogens is 324 g/mol. The van der Waals surface area contributed by atoms with Crippen LogP contribution in [0.15, 0.2) is 30.4 Å². The second kappa shape index (κ2) is 4.68. The van der Waals surface area contributed by atoms with E-state index in [1.54, 1.807) is 0 Å². The molecule has 2 saturated carbocycles. The van der Waals surface area contributed by atoms with Crippen LogP contribution < -0.4 is 9.64 Å². The zero-order valence-electron chi connectivity index (χ0n) is 13.5. The molecule has 0 aromatic heterocycles. The third-order valence-corrected chi connectivity index (χ3v) is 6.28. The van der Waals surface area contributed by atoms with E-state index >= 15 is 0 Å². The number of carbonyl (C=O) groups is 2. The smallest absolute Gasteiger partial charge is 0.271 e. The predicted molar refractivity (Wildman–Crippen MR) is 86.8 cm³/mol. The summed E-state index contributed by atoms with van der Waals surface area (Å²) in [5.41, 5.74) is 0.00406. The van der Waals surface area contributed by atoms with Gasteiger partial charge < -0.3 is 4.74 Å². The molecule has 2 amide bonds. The number of hydrogen-bond acceptors (Lipinski definition) is 5. The lowest BCUT2D eigenvalue weighted by Crippen LogP contribution is -2.40. The molecule has 0 radical (unpaired) electrons. The summed E-state index contributed by atoms with van der Waals surface area (Å²) in [5, 5.41) is 11.1. The van der Waals surface area contributed by atoms with Gasteiger partial charge in [0.25, 0.3) is 5.69 Å². The highest BCUT2D eigenvalue weighted by Crippen LogP contribution is 2.65. The third-order valence-electron chi connectivity index (χ3n) is 6.28. The van der Waals surface area contributed by atoms with Crippen LogP contribution in [-0.4, -0.2) is 23.8 Å². The molecule has 1 heterocycles. The molecule has 25 heavy (non-hydrogen) atoms. The van der Waals surface area contributed by atoms with Gasteiger partial charge in [0.15, 0.2) is 0 Å². The quantitative estimate of drug-likeness (QED) is 0.364. The lowest BCUT2D eigenvalue weighted by molar-refractivity contribution is -0.384. The largest absolute Gasteiger partial charge is 0.495 e. The normalized spacial score (nSPS) is 37.1. The maximum absolute atomic E-state index is 13.1. The van der Waals surface area contributed by atoms with Crippen LogP contribution in [0, 0.1) is 45.6 Å². The average Bonchev–Trinajstić information content (AvgIpc) is 3.39. The van der Waals surface area contributed by atoms with Crippen molar-refractivity contribution in [2.45, 2.75) is 6.42 Å². The number of nitrogens with zero attached hydrogens (tertiary/aromatic N) is 2. The molecule has 1 saturated heterocycles. The molecule has 6 atom stereocenters. The van der Waals surface area contributed by atoms with Crippen molar-refractivity contribution in [1.29, 1.82) is 0 Å². The number of nitro groups is 1. The van der Waals surface area contributed by atoms with Gasteiger partial charge in [0.1, 0.15) is 11.4 Å². The van der Waals surface area contributed by atoms with Crippen LogP contribution in [0.2, 0.25) is 0 Å². The summed E-state index contributed by atoms with van der Waals surface area (Å²) in [4.78, 5) is 37.9. The van der Waals surface area contributed by atoms with Gasteiger partial charge in [-0.1, -0.05) is 12.2 Å². The monoisotopic (exact) mass is 340 g/mol. The number of hydrogen-bond donors (Lipinski definition) is 0. The van der Waals surface area contributed by atoms with Crippen molar-refractivity contribution in [3.63, 3.8) is 0 Å². The highest BCUT2D eigenvalue weighted by atomic mass is 16.6. The summed E-state index contributed by atoms with van der Waals surface area (Å²) in [7, 11) is 1.42. The first-order valence-corrected chi connectivity index (χ1v) is 8.41. The van der Waals surface area contributed by atoms with Crippen LogP contribution in [0.1, 0.15) is 6.42 Å². The van der Waals surface area contributed by atoms with Gasteiger partial charge in [0.05, 0.1) is 23.9 Å². The molecule has 0 spiro atoms. The Hall–Kier alpha value is -2.70. The zero-order chi connectivity index (χ0) is 17.5. The predicted octanol–water partition coefficient (Wildman–Crippen LogP) is 2.16. The Labute approximate surface area is 143 Å². The SMILES string of the molecule is COc1ccc([N+](=O)[O-])cc1N1C(=O)[C@@H]2[C@H]3C=C[C@@H]([C@@H]4C[C@H]34)[C@H]2C1=O. The van der Waals surface area contributed by atoms with Crippen molar-refractivity contribution in [1.82, 2.24) is 0 Å². The number of methoxy groups -OCH3 is 1. The van der Waals surface area contributed by atoms with E-state index in [1.165, 1.54) is 25.3 Å². The lowest BCUT2D eigenvalue weighted by atomic mass is 9.63. The fraction of sp³-hybridized carbons (Fsp3) is 0.444. The summed E-state index contributed by atoms with van der Waals surface area (Å²) >= 11 is 0. The van der Waals surface area contributed by atoms with E-state index in [1.807, 2.05) is 0 Å². The molecule has 1 aromatic carbocycles. The van der Waals surface area contributed by atoms with Gasteiger partial charge in [-0.25, -0.2) is 4.90 Å². The minimum absolute atomic E-state index is 0.117. The van der Waals surface area contributed by atoms with Crippen molar-refractivity contribution >= 4 is 23.2 Å². The Morgan fingerprint density at radius 2 is 1.72 bits per heavy atom. The number of anilines is 1. The van der Waals surface area contributed by atoms with Crippen molar-refractivity contribution in [3.05, 3.63) is 40.5 Å². The number of carbonyl (C=O) groups excluding carboxylic acids is 2. The Morgan fingerprint density at radius 3 is 2.24 bits per heavy atom. The molecule has 2 bridgehead atoms. The molecule has 5 aliphatic rings. The van der Waals surface area contributed by atoms with E-state index in [9.17, 15) is 19.7 Å². The van der Waals surface area contributed by atoms with Crippen molar-refractivity contribution in [2.75, 3.05) is 12.0 Å².